The molecular weight excluding hydrogens is 254 g/mol. The second kappa shape index (κ2) is 7.68. The van der Waals surface area contributed by atoms with Gasteiger partial charge in [0.25, 0.3) is 0 Å². The molecule has 1 aromatic carbocycles. The second-order valence-corrected chi connectivity index (χ2v) is 5.07. The van der Waals surface area contributed by atoms with E-state index in [0.717, 1.165) is 31.2 Å². The molecule has 2 N–H and O–H groups in total. The van der Waals surface area contributed by atoms with Gasteiger partial charge in [-0.1, -0.05) is 32.8 Å². The van der Waals surface area contributed by atoms with Crippen LogP contribution < -0.4 is 5.32 Å². The number of amides is 1. The first-order valence-corrected chi connectivity index (χ1v) is 7.14. The maximum Gasteiger partial charge on any atom is 0.335 e. The summed E-state index contributed by atoms with van der Waals surface area (Å²) in [7, 11) is 0. The summed E-state index contributed by atoms with van der Waals surface area (Å²) in [6.07, 6.45) is 3.76. The minimum atomic E-state index is -0.987. The zero-order valence-corrected chi connectivity index (χ0v) is 12.4. The Labute approximate surface area is 120 Å². The van der Waals surface area contributed by atoms with Gasteiger partial charge in [-0.3, -0.25) is 4.79 Å². The predicted molar refractivity (Wildman–Crippen MR) is 80.1 cm³/mol. The maximum absolute atomic E-state index is 12.2. The van der Waals surface area contributed by atoms with Crippen molar-refractivity contribution in [1.82, 2.24) is 0 Å². The van der Waals surface area contributed by atoms with Gasteiger partial charge in [0, 0.05) is 11.6 Å². The third-order valence-electron chi connectivity index (χ3n) is 3.51. The zero-order valence-electron chi connectivity index (χ0n) is 12.4. The average molecular weight is 277 g/mol. The number of benzene rings is 1. The second-order valence-electron chi connectivity index (χ2n) is 5.07. The van der Waals surface area contributed by atoms with Gasteiger partial charge in [-0.25, -0.2) is 4.79 Å². The van der Waals surface area contributed by atoms with Crippen molar-refractivity contribution in [2.75, 3.05) is 5.32 Å². The van der Waals surface area contributed by atoms with Crippen molar-refractivity contribution >= 4 is 17.6 Å². The van der Waals surface area contributed by atoms with Crippen LogP contribution in [0, 0.1) is 12.8 Å². The smallest absolute Gasteiger partial charge is 0.335 e. The average Bonchev–Trinajstić information content (AvgIpc) is 2.41. The Hall–Kier alpha value is -1.84. The maximum atomic E-state index is 12.2. The molecule has 0 bridgehead atoms. The molecule has 0 radical (unpaired) electrons. The molecule has 0 fully saturated rings. The number of hydrogen-bond acceptors (Lipinski definition) is 2. The highest BCUT2D eigenvalue weighted by Crippen LogP contribution is 2.20. The van der Waals surface area contributed by atoms with E-state index in [0.29, 0.717) is 5.69 Å². The number of carboxylic acid groups (broad SMARTS) is 1. The topological polar surface area (TPSA) is 66.4 Å². The van der Waals surface area contributed by atoms with E-state index >= 15 is 0 Å². The Balaban J connectivity index is 2.83. The Morgan fingerprint density at radius 2 is 2.00 bits per heavy atom. The highest BCUT2D eigenvalue weighted by Gasteiger charge is 2.17. The molecule has 0 aliphatic rings. The molecule has 0 aliphatic heterocycles. The highest BCUT2D eigenvalue weighted by molar-refractivity contribution is 5.95. The molecule has 1 aromatic rings. The van der Waals surface area contributed by atoms with Gasteiger partial charge >= 0.3 is 5.97 Å². The lowest BCUT2D eigenvalue weighted by Crippen LogP contribution is -2.23. The summed E-state index contributed by atoms with van der Waals surface area (Å²) < 4.78 is 0. The molecule has 0 aromatic heterocycles. The lowest BCUT2D eigenvalue weighted by molar-refractivity contribution is -0.120. The lowest BCUT2D eigenvalue weighted by Gasteiger charge is -2.16. The van der Waals surface area contributed by atoms with Crippen molar-refractivity contribution < 1.29 is 14.7 Å². The minimum Gasteiger partial charge on any atom is -0.478 e. The summed E-state index contributed by atoms with van der Waals surface area (Å²) in [5.74, 6) is -1.02. The summed E-state index contributed by atoms with van der Waals surface area (Å²) in [4.78, 5) is 23.2. The van der Waals surface area contributed by atoms with Gasteiger partial charge in [0.05, 0.1) is 5.56 Å². The third kappa shape index (κ3) is 4.37. The van der Waals surface area contributed by atoms with Crippen LogP contribution in [-0.2, 0) is 4.79 Å². The predicted octanol–water partition coefficient (Wildman–Crippen LogP) is 3.85. The summed E-state index contributed by atoms with van der Waals surface area (Å²) in [6, 6.07) is 4.77. The van der Waals surface area contributed by atoms with E-state index in [2.05, 4.69) is 12.2 Å². The molecule has 1 atom stereocenters. The third-order valence-corrected chi connectivity index (χ3v) is 3.51. The van der Waals surface area contributed by atoms with E-state index in [9.17, 15) is 9.59 Å². The number of aromatic carboxylic acids is 1. The Kier molecular flexibility index (Phi) is 6.22. The molecule has 1 unspecified atom stereocenters. The van der Waals surface area contributed by atoms with Crippen molar-refractivity contribution in [1.29, 1.82) is 0 Å². The molecule has 0 spiro atoms. The molecule has 1 rings (SSSR count). The minimum absolute atomic E-state index is 0.0113. The first-order valence-electron chi connectivity index (χ1n) is 7.14. The fourth-order valence-electron chi connectivity index (χ4n) is 2.10. The first kappa shape index (κ1) is 16.2. The molecule has 1 amide bonds. The van der Waals surface area contributed by atoms with Gasteiger partial charge in [0.2, 0.25) is 5.91 Å². The van der Waals surface area contributed by atoms with E-state index in [1.54, 1.807) is 12.1 Å². The Morgan fingerprint density at radius 3 is 2.55 bits per heavy atom. The van der Waals surface area contributed by atoms with Gasteiger partial charge in [0.1, 0.15) is 0 Å². The molecule has 20 heavy (non-hydrogen) atoms. The number of carbonyl (C=O) groups excluding carboxylic acids is 1. The molecule has 0 aliphatic carbocycles. The summed E-state index contributed by atoms with van der Waals surface area (Å²) in [6.45, 7) is 5.96. The summed E-state index contributed by atoms with van der Waals surface area (Å²) >= 11 is 0. The zero-order chi connectivity index (χ0) is 15.1. The number of carboxylic acids is 1. The Bertz CT molecular complexity index is 483. The van der Waals surface area contributed by atoms with Crippen LogP contribution in [0.5, 0.6) is 0 Å². The normalized spacial score (nSPS) is 11.9. The summed E-state index contributed by atoms with van der Waals surface area (Å²) in [5.41, 5.74) is 1.64. The molecule has 0 saturated carbocycles. The van der Waals surface area contributed by atoms with Crippen molar-refractivity contribution in [3.8, 4) is 0 Å². The lowest BCUT2D eigenvalue weighted by atomic mass is 9.98. The van der Waals surface area contributed by atoms with Crippen molar-refractivity contribution in [3.63, 3.8) is 0 Å². The highest BCUT2D eigenvalue weighted by atomic mass is 16.4. The molecule has 0 heterocycles. The van der Waals surface area contributed by atoms with Crippen molar-refractivity contribution in [2.45, 2.75) is 46.5 Å². The number of aryl methyl sites for hydroxylation is 1. The van der Waals surface area contributed by atoms with Crippen LogP contribution in [-0.4, -0.2) is 17.0 Å². The largest absolute Gasteiger partial charge is 0.478 e. The van der Waals surface area contributed by atoms with Crippen molar-refractivity contribution in [3.05, 3.63) is 29.3 Å². The molecule has 0 saturated heterocycles. The van der Waals surface area contributed by atoms with E-state index in [-0.39, 0.29) is 17.4 Å². The van der Waals surface area contributed by atoms with E-state index < -0.39 is 5.97 Å². The van der Waals surface area contributed by atoms with Crippen LogP contribution >= 0.6 is 0 Å². The Morgan fingerprint density at radius 1 is 1.30 bits per heavy atom. The molecule has 4 heteroatoms. The number of hydrogen-bond donors (Lipinski definition) is 2. The van der Waals surface area contributed by atoms with Gasteiger partial charge in [-0.05, 0) is 37.5 Å². The quantitative estimate of drug-likeness (QED) is 0.795. The van der Waals surface area contributed by atoms with E-state index in [1.165, 1.54) is 6.07 Å². The van der Waals surface area contributed by atoms with Gasteiger partial charge in [0.15, 0.2) is 0 Å². The summed E-state index contributed by atoms with van der Waals surface area (Å²) in [5, 5.41) is 11.9. The molecule has 110 valence electrons. The number of nitrogens with one attached hydrogen (secondary N) is 1. The van der Waals surface area contributed by atoms with Crippen LogP contribution in [0.2, 0.25) is 0 Å². The number of anilines is 1. The fourth-order valence-corrected chi connectivity index (χ4v) is 2.10. The fraction of sp³-hybridized carbons (Fsp3) is 0.500. The number of unbranched alkanes of at least 4 members (excludes halogenated alkanes) is 1. The standard InChI is InChI=1S/C16H23NO3/c1-4-6-7-12(5-2)15(18)17-14-10-13(16(19)20)9-8-11(14)3/h8-10,12H,4-7H2,1-3H3,(H,17,18)(H,19,20). The molecular formula is C16H23NO3. The van der Waals surface area contributed by atoms with Crippen LogP contribution in [0.3, 0.4) is 0 Å². The monoisotopic (exact) mass is 277 g/mol. The molecule has 4 nitrogen and oxygen atoms in total. The van der Waals surface area contributed by atoms with Gasteiger partial charge < -0.3 is 10.4 Å². The first-order chi connectivity index (χ1) is 9.49. The van der Waals surface area contributed by atoms with Gasteiger partial charge in [-0.2, -0.15) is 0 Å². The van der Waals surface area contributed by atoms with E-state index in [1.807, 2.05) is 13.8 Å². The van der Waals surface area contributed by atoms with E-state index in [4.69, 9.17) is 5.11 Å². The van der Waals surface area contributed by atoms with Crippen LogP contribution in [0.25, 0.3) is 0 Å². The van der Waals surface area contributed by atoms with Crippen LogP contribution in [0.4, 0.5) is 5.69 Å². The van der Waals surface area contributed by atoms with Crippen LogP contribution in [0.1, 0.15) is 55.5 Å². The SMILES string of the molecule is CCCCC(CC)C(=O)Nc1cc(C(=O)O)ccc1C. The number of carbonyl (C=O) groups is 2. The number of rotatable bonds is 7. The van der Waals surface area contributed by atoms with Gasteiger partial charge in [-0.15, -0.1) is 0 Å². The van der Waals surface area contributed by atoms with Crippen molar-refractivity contribution in [2.24, 2.45) is 5.92 Å². The van der Waals surface area contributed by atoms with Crippen LogP contribution in [0.15, 0.2) is 18.2 Å².